The Kier molecular flexibility index (Phi) is 1.53. The van der Waals surface area contributed by atoms with Crippen LogP contribution in [0.5, 0.6) is 0 Å². The zero-order chi connectivity index (χ0) is 8.22. The van der Waals surface area contributed by atoms with Crippen molar-refractivity contribution < 1.29 is 0 Å². The lowest BCUT2D eigenvalue weighted by molar-refractivity contribution is 0.662. The van der Waals surface area contributed by atoms with E-state index < -0.39 is 0 Å². The summed E-state index contributed by atoms with van der Waals surface area (Å²) in [6, 6.07) is 0. The van der Waals surface area contributed by atoms with Gasteiger partial charge in [-0.2, -0.15) is 0 Å². The quantitative estimate of drug-likeness (QED) is 0.308. The predicted molar refractivity (Wildman–Crippen MR) is 53.4 cm³/mol. The number of hydrogen-bond acceptors (Lipinski definition) is 0. The third-order valence-electron chi connectivity index (χ3n) is 3.81. The summed E-state index contributed by atoms with van der Waals surface area (Å²) < 4.78 is 0. The van der Waals surface area contributed by atoms with Crippen LogP contribution in [0.3, 0.4) is 0 Å². The minimum atomic E-state index is 0.455. The van der Waals surface area contributed by atoms with Gasteiger partial charge in [0.05, 0.1) is 0 Å². The normalized spacial score (nSPS) is 49.4. The molecule has 2 bridgehead atoms. The Bertz CT molecular complexity index is 234. The van der Waals surface area contributed by atoms with Crippen LogP contribution in [-0.4, -0.2) is 15.6 Å². The lowest BCUT2D eigenvalue weighted by Crippen LogP contribution is -2.15. The van der Waals surface area contributed by atoms with E-state index in [0.29, 0.717) is 10.4 Å². The fraction of sp³-hybridized carbons (Fsp3) is 0.778. The molecule has 0 spiro atoms. The first-order valence-electron chi connectivity index (χ1n) is 4.36. The lowest BCUT2D eigenvalue weighted by Gasteiger charge is -2.26. The summed E-state index contributed by atoms with van der Waals surface area (Å²) in [5.74, 6) is 0.731. The molecule has 11 heavy (non-hydrogen) atoms. The van der Waals surface area contributed by atoms with Crippen molar-refractivity contribution in [2.45, 2.75) is 37.1 Å². The SMILES string of the molecule is CC1=C(C)C2([SiH3])CC(Cl)C1C2. The van der Waals surface area contributed by atoms with Crippen LogP contribution in [0.15, 0.2) is 11.1 Å². The minimum Gasteiger partial charge on any atom is -0.122 e. The molecule has 62 valence electrons. The summed E-state index contributed by atoms with van der Waals surface area (Å²) >= 11 is 6.25. The van der Waals surface area contributed by atoms with Crippen LogP contribution in [0.2, 0.25) is 5.04 Å². The smallest absolute Gasteiger partial charge is 0.0406 e. The fourth-order valence-corrected chi connectivity index (χ4v) is 4.91. The molecule has 3 atom stereocenters. The van der Waals surface area contributed by atoms with Gasteiger partial charge in [-0.05, 0) is 37.6 Å². The molecule has 1 fully saturated rings. The Morgan fingerprint density at radius 2 is 2.09 bits per heavy atom. The highest BCUT2D eigenvalue weighted by Gasteiger charge is 2.48. The monoisotopic (exact) mass is 186 g/mol. The van der Waals surface area contributed by atoms with Crippen LogP contribution >= 0.6 is 11.6 Å². The highest BCUT2D eigenvalue weighted by atomic mass is 35.5. The van der Waals surface area contributed by atoms with Crippen LogP contribution in [0.25, 0.3) is 0 Å². The molecule has 0 radical (unpaired) electrons. The molecule has 0 saturated heterocycles. The minimum absolute atomic E-state index is 0.455. The molecule has 1 saturated carbocycles. The maximum atomic E-state index is 6.25. The summed E-state index contributed by atoms with van der Waals surface area (Å²) in [6.07, 6.45) is 2.62. The van der Waals surface area contributed by atoms with E-state index in [9.17, 15) is 0 Å². The summed E-state index contributed by atoms with van der Waals surface area (Å²) in [5.41, 5.74) is 3.28. The molecule has 0 aromatic heterocycles. The Balaban J connectivity index is 2.43. The summed E-state index contributed by atoms with van der Waals surface area (Å²) in [4.78, 5) is 0. The fourth-order valence-electron chi connectivity index (χ4n) is 2.75. The first-order chi connectivity index (χ1) is 5.04. The Morgan fingerprint density at radius 1 is 1.45 bits per heavy atom. The summed E-state index contributed by atoms with van der Waals surface area (Å²) in [5, 5.41) is 1.05. The van der Waals surface area contributed by atoms with Gasteiger partial charge in [0.1, 0.15) is 0 Å². The third-order valence-corrected chi connectivity index (χ3v) is 5.83. The van der Waals surface area contributed by atoms with E-state index in [1.807, 2.05) is 0 Å². The molecule has 0 heterocycles. The van der Waals surface area contributed by atoms with E-state index in [1.165, 1.54) is 23.1 Å². The second-order valence-corrected chi connectivity index (χ2v) is 6.87. The topological polar surface area (TPSA) is 0 Å². The first kappa shape index (κ1) is 7.87. The molecular weight excluding hydrogens is 172 g/mol. The van der Waals surface area contributed by atoms with Crippen LogP contribution in [-0.2, 0) is 0 Å². The average Bonchev–Trinajstić information content (AvgIpc) is 2.32. The Hall–Kier alpha value is 0.247. The molecule has 2 aliphatic rings. The average molecular weight is 187 g/mol. The molecule has 2 aliphatic carbocycles. The van der Waals surface area contributed by atoms with Crippen LogP contribution in [0, 0.1) is 5.92 Å². The van der Waals surface area contributed by atoms with Crippen molar-refractivity contribution in [3.05, 3.63) is 11.1 Å². The Morgan fingerprint density at radius 3 is 2.45 bits per heavy atom. The molecule has 0 amide bonds. The molecule has 2 rings (SSSR count). The maximum absolute atomic E-state index is 6.25. The van der Waals surface area contributed by atoms with Gasteiger partial charge in [-0.1, -0.05) is 11.1 Å². The van der Waals surface area contributed by atoms with Crippen LogP contribution in [0.1, 0.15) is 26.7 Å². The zero-order valence-corrected chi connectivity index (χ0v) is 10.2. The van der Waals surface area contributed by atoms with E-state index in [-0.39, 0.29) is 0 Å². The molecule has 0 nitrogen and oxygen atoms in total. The Labute approximate surface area is 76.4 Å². The zero-order valence-electron chi connectivity index (χ0n) is 7.45. The van der Waals surface area contributed by atoms with E-state index in [1.54, 1.807) is 11.1 Å². The van der Waals surface area contributed by atoms with Crippen molar-refractivity contribution >= 4 is 21.8 Å². The molecule has 3 unspecified atom stereocenters. The number of hydrogen-bond donors (Lipinski definition) is 0. The van der Waals surface area contributed by atoms with Gasteiger partial charge < -0.3 is 0 Å². The molecule has 0 N–H and O–H groups in total. The van der Waals surface area contributed by atoms with Gasteiger partial charge in [-0.3, -0.25) is 0 Å². The summed E-state index contributed by atoms with van der Waals surface area (Å²) in [6.45, 7) is 4.58. The van der Waals surface area contributed by atoms with Crippen molar-refractivity contribution in [2.75, 3.05) is 0 Å². The van der Waals surface area contributed by atoms with Crippen LogP contribution in [0.4, 0.5) is 0 Å². The van der Waals surface area contributed by atoms with Gasteiger partial charge in [0.2, 0.25) is 0 Å². The number of halogens is 1. The second-order valence-electron chi connectivity index (χ2n) is 4.40. The van der Waals surface area contributed by atoms with Crippen molar-refractivity contribution in [2.24, 2.45) is 5.92 Å². The lowest BCUT2D eigenvalue weighted by atomic mass is 9.93. The maximum Gasteiger partial charge on any atom is 0.0406 e. The highest BCUT2D eigenvalue weighted by Crippen LogP contribution is 2.61. The van der Waals surface area contributed by atoms with Gasteiger partial charge in [-0.15, -0.1) is 11.6 Å². The highest BCUT2D eigenvalue weighted by molar-refractivity contribution is 6.24. The van der Waals surface area contributed by atoms with Crippen molar-refractivity contribution in [1.82, 2.24) is 0 Å². The molecular formula is C9H15ClSi. The van der Waals surface area contributed by atoms with Gasteiger partial charge in [0, 0.05) is 15.6 Å². The van der Waals surface area contributed by atoms with Crippen molar-refractivity contribution in [3.63, 3.8) is 0 Å². The largest absolute Gasteiger partial charge is 0.122 e. The van der Waals surface area contributed by atoms with Gasteiger partial charge in [0.15, 0.2) is 0 Å². The third kappa shape index (κ3) is 0.873. The van der Waals surface area contributed by atoms with Gasteiger partial charge in [0.25, 0.3) is 0 Å². The van der Waals surface area contributed by atoms with E-state index in [2.05, 4.69) is 13.8 Å². The van der Waals surface area contributed by atoms with Crippen LogP contribution < -0.4 is 0 Å². The van der Waals surface area contributed by atoms with E-state index in [0.717, 1.165) is 5.92 Å². The molecule has 2 heteroatoms. The number of fused-ring (bicyclic) bond motifs is 2. The number of rotatable bonds is 0. The van der Waals surface area contributed by atoms with E-state index in [4.69, 9.17) is 11.6 Å². The number of allylic oxidation sites excluding steroid dienone is 2. The molecule has 0 aromatic carbocycles. The predicted octanol–water partition coefficient (Wildman–Crippen LogP) is 1.88. The number of alkyl halides is 1. The summed E-state index contributed by atoms with van der Waals surface area (Å²) in [7, 11) is 1.29. The second kappa shape index (κ2) is 2.14. The van der Waals surface area contributed by atoms with Crippen molar-refractivity contribution in [3.8, 4) is 0 Å². The first-order valence-corrected chi connectivity index (χ1v) is 5.80. The van der Waals surface area contributed by atoms with Gasteiger partial charge in [-0.25, -0.2) is 0 Å². The standard InChI is InChI=1S/C9H15ClSi/c1-5-6(2)9(11)3-7(5)8(10)4-9/h7-8H,3-4H2,1-2,11H3. The van der Waals surface area contributed by atoms with Crippen molar-refractivity contribution in [1.29, 1.82) is 0 Å². The van der Waals surface area contributed by atoms with E-state index >= 15 is 0 Å². The molecule has 0 aliphatic heterocycles. The van der Waals surface area contributed by atoms with Gasteiger partial charge >= 0.3 is 0 Å². The molecule has 0 aromatic rings.